The zero-order chi connectivity index (χ0) is 13.0. The molecule has 0 saturated carbocycles. The molecule has 0 radical (unpaired) electrons. The summed E-state index contributed by atoms with van der Waals surface area (Å²) in [5.41, 5.74) is 1.71. The third-order valence-electron chi connectivity index (χ3n) is 2.45. The lowest BCUT2D eigenvalue weighted by atomic mass is 10.3. The van der Waals surface area contributed by atoms with Gasteiger partial charge in [-0.3, -0.25) is 0 Å². The van der Waals surface area contributed by atoms with Gasteiger partial charge in [0, 0.05) is 7.11 Å². The maximum Gasteiger partial charge on any atom is 0.214 e. The summed E-state index contributed by atoms with van der Waals surface area (Å²) >= 11 is 0. The second-order valence-corrected chi connectivity index (χ2v) is 5.76. The Morgan fingerprint density at radius 2 is 2.17 bits per heavy atom. The zero-order valence-electron chi connectivity index (χ0n) is 10.0. The minimum atomic E-state index is -3.31. The number of fused-ring (bicyclic) bond motifs is 1. The molecule has 0 saturated heterocycles. The smallest absolute Gasteiger partial charge is 0.214 e. The number of methoxy groups -OCH3 is 1. The molecular formula is C11H15N3O3S. The van der Waals surface area contributed by atoms with Crippen LogP contribution in [0.1, 0.15) is 5.82 Å². The quantitative estimate of drug-likeness (QED) is 0.805. The Hall–Kier alpha value is -1.44. The van der Waals surface area contributed by atoms with Crippen LogP contribution in [-0.4, -0.2) is 37.9 Å². The fourth-order valence-electron chi connectivity index (χ4n) is 1.53. The van der Waals surface area contributed by atoms with Gasteiger partial charge in [-0.2, -0.15) is 0 Å². The van der Waals surface area contributed by atoms with E-state index in [0.29, 0.717) is 5.82 Å². The number of H-pyrrole nitrogens is 1. The van der Waals surface area contributed by atoms with Crippen LogP contribution in [-0.2, 0) is 21.3 Å². The minimum Gasteiger partial charge on any atom is -0.384 e. The fourth-order valence-corrected chi connectivity index (χ4v) is 2.42. The van der Waals surface area contributed by atoms with E-state index in [2.05, 4.69) is 14.7 Å². The Kier molecular flexibility index (Phi) is 3.95. The molecule has 0 unspecified atom stereocenters. The molecule has 18 heavy (non-hydrogen) atoms. The molecule has 1 aromatic carbocycles. The highest BCUT2D eigenvalue weighted by atomic mass is 32.2. The molecule has 1 heterocycles. The van der Waals surface area contributed by atoms with Crippen LogP contribution < -0.4 is 4.72 Å². The molecule has 1 aromatic heterocycles. The van der Waals surface area contributed by atoms with Gasteiger partial charge in [0.25, 0.3) is 0 Å². The summed E-state index contributed by atoms with van der Waals surface area (Å²) in [6.07, 6.45) is 0. The Morgan fingerprint density at radius 1 is 1.39 bits per heavy atom. The highest BCUT2D eigenvalue weighted by molar-refractivity contribution is 7.89. The first-order valence-electron chi connectivity index (χ1n) is 5.50. The summed E-state index contributed by atoms with van der Waals surface area (Å²) in [5.74, 6) is 0.543. The van der Waals surface area contributed by atoms with Crippen LogP contribution in [0.25, 0.3) is 11.0 Å². The van der Waals surface area contributed by atoms with Gasteiger partial charge in [-0.1, -0.05) is 12.1 Å². The van der Waals surface area contributed by atoms with Crippen molar-refractivity contribution in [1.82, 2.24) is 14.7 Å². The summed E-state index contributed by atoms with van der Waals surface area (Å²) in [6, 6.07) is 7.54. The summed E-state index contributed by atoms with van der Waals surface area (Å²) in [6.45, 7) is 0.330. The first-order chi connectivity index (χ1) is 8.61. The fraction of sp³-hybridized carbons (Fsp3) is 0.364. The third-order valence-corrected chi connectivity index (χ3v) is 3.74. The number of nitrogens with one attached hydrogen (secondary N) is 2. The summed E-state index contributed by atoms with van der Waals surface area (Å²) in [5, 5.41) is 0. The van der Waals surface area contributed by atoms with Crippen molar-refractivity contribution >= 4 is 21.1 Å². The van der Waals surface area contributed by atoms with Crippen LogP contribution in [0.3, 0.4) is 0 Å². The SMILES string of the molecule is COCCS(=O)(=O)NCc1nc2ccccc2[nH]1. The van der Waals surface area contributed by atoms with Crippen molar-refractivity contribution in [3.05, 3.63) is 30.1 Å². The molecule has 2 rings (SSSR count). The van der Waals surface area contributed by atoms with Crippen molar-refractivity contribution in [1.29, 1.82) is 0 Å². The number of aromatic nitrogens is 2. The van der Waals surface area contributed by atoms with Crippen LogP contribution in [0, 0.1) is 0 Å². The van der Waals surface area contributed by atoms with Gasteiger partial charge in [0.2, 0.25) is 10.0 Å². The molecule has 7 heteroatoms. The van der Waals surface area contributed by atoms with Gasteiger partial charge in [0.15, 0.2) is 0 Å². The molecular weight excluding hydrogens is 254 g/mol. The Bertz CT molecular complexity index is 588. The predicted molar refractivity (Wildman–Crippen MR) is 68.6 cm³/mol. The third kappa shape index (κ3) is 3.28. The summed E-state index contributed by atoms with van der Waals surface area (Å²) in [7, 11) is -1.85. The number of hydrogen-bond donors (Lipinski definition) is 2. The average Bonchev–Trinajstić information content (AvgIpc) is 2.77. The molecule has 0 spiro atoms. The second-order valence-electron chi connectivity index (χ2n) is 3.83. The number of ether oxygens (including phenoxy) is 1. The lowest BCUT2D eigenvalue weighted by Gasteiger charge is -2.03. The van der Waals surface area contributed by atoms with Crippen LogP contribution in [0.4, 0.5) is 0 Å². The number of hydrogen-bond acceptors (Lipinski definition) is 4. The monoisotopic (exact) mass is 269 g/mol. The van der Waals surface area contributed by atoms with Crippen LogP contribution in [0.5, 0.6) is 0 Å². The molecule has 2 N–H and O–H groups in total. The molecule has 2 aromatic rings. The maximum atomic E-state index is 11.5. The van der Waals surface area contributed by atoms with Crippen LogP contribution >= 0.6 is 0 Å². The number of sulfonamides is 1. The van der Waals surface area contributed by atoms with Gasteiger partial charge >= 0.3 is 0 Å². The number of nitrogens with zero attached hydrogens (tertiary/aromatic N) is 1. The van der Waals surface area contributed by atoms with Gasteiger partial charge in [0.05, 0.1) is 29.9 Å². The van der Waals surface area contributed by atoms with Crippen molar-refractivity contribution in [2.45, 2.75) is 6.54 Å². The Labute approximate surface area is 105 Å². The molecule has 0 aliphatic rings. The lowest BCUT2D eigenvalue weighted by molar-refractivity contribution is 0.217. The van der Waals surface area contributed by atoms with Crippen molar-refractivity contribution in [2.24, 2.45) is 0 Å². The van der Waals surface area contributed by atoms with E-state index < -0.39 is 10.0 Å². The van der Waals surface area contributed by atoms with E-state index in [0.717, 1.165) is 11.0 Å². The highest BCUT2D eigenvalue weighted by Gasteiger charge is 2.10. The summed E-state index contributed by atoms with van der Waals surface area (Å²) in [4.78, 5) is 7.34. The number of imidazole rings is 1. The minimum absolute atomic E-state index is 0.0519. The highest BCUT2D eigenvalue weighted by Crippen LogP contribution is 2.10. The first-order valence-corrected chi connectivity index (χ1v) is 7.16. The zero-order valence-corrected chi connectivity index (χ0v) is 10.8. The molecule has 0 aliphatic carbocycles. The van der Waals surface area contributed by atoms with Crippen molar-refractivity contribution in [3.8, 4) is 0 Å². The number of benzene rings is 1. The molecule has 0 amide bonds. The molecule has 0 bridgehead atoms. The van der Waals surface area contributed by atoms with Gasteiger partial charge < -0.3 is 9.72 Å². The van der Waals surface area contributed by atoms with E-state index in [1.54, 1.807) is 0 Å². The molecule has 6 nitrogen and oxygen atoms in total. The van der Waals surface area contributed by atoms with E-state index >= 15 is 0 Å². The predicted octanol–water partition coefficient (Wildman–Crippen LogP) is 0.629. The lowest BCUT2D eigenvalue weighted by Crippen LogP contribution is -2.28. The van der Waals surface area contributed by atoms with Crippen molar-refractivity contribution in [3.63, 3.8) is 0 Å². The van der Waals surface area contributed by atoms with Gasteiger partial charge in [0.1, 0.15) is 5.82 Å². The van der Waals surface area contributed by atoms with E-state index in [1.807, 2.05) is 24.3 Å². The number of aromatic amines is 1. The second kappa shape index (κ2) is 5.47. The molecule has 0 aliphatic heterocycles. The van der Waals surface area contributed by atoms with Crippen molar-refractivity contribution < 1.29 is 13.2 Å². The average molecular weight is 269 g/mol. The maximum absolute atomic E-state index is 11.5. The largest absolute Gasteiger partial charge is 0.384 e. The van der Waals surface area contributed by atoms with E-state index in [9.17, 15) is 8.42 Å². The molecule has 0 atom stereocenters. The van der Waals surface area contributed by atoms with Crippen LogP contribution in [0.15, 0.2) is 24.3 Å². The van der Waals surface area contributed by atoms with Crippen LogP contribution in [0.2, 0.25) is 0 Å². The first kappa shape index (κ1) is 13.0. The van der Waals surface area contributed by atoms with E-state index in [4.69, 9.17) is 4.74 Å². The van der Waals surface area contributed by atoms with E-state index in [-0.39, 0.29) is 18.9 Å². The number of para-hydroxylation sites is 2. The van der Waals surface area contributed by atoms with Gasteiger partial charge in [-0.25, -0.2) is 18.1 Å². The van der Waals surface area contributed by atoms with Gasteiger partial charge in [-0.05, 0) is 12.1 Å². The normalized spacial score (nSPS) is 12.1. The van der Waals surface area contributed by atoms with Gasteiger partial charge in [-0.15, -0.1) is 0 Å². The summed E-state index contributed by atoms with van der Waals surface area (Å²) < 4.78 is 30.3. The standard InChI is InChI=1S/C11H15N3O3S/c1-17-6-7-18(15,16)12-8-11-13-9-4-2-3-5-10(9)14-11/h2-5,12H,6-8H2,1H3,(H,13,14). The van der Waals surface area contributed by atoms with E-state index in [1.165, 1.54) is 7.11 Å². The Balaban J connectivity index is 2.01. The molecule has 98 valence electrons. The topological polar surface area (TPSA) is 84.1 Å². The number of rotatable bonds is 6. The molecule has 0 fully saturated rings. The Morgan fingerprint density at radius 3 is 2.89 bits per heavy atom. The van der Waals surface area contributed by atoms with Crippen molar-refractivity contribution in [2.75, 3.05) is 19.5 Å².